The van der Waals surface area contributed by atoms with Gasteiger partial charge in [-0.15, -0.1) is 0 Å². The van der Waals surface area contributed by atoms with Gasteiger partial charge in [-0.2, -0.15) is 0 Å². The van der Waals surface area contributed by atoms with Crippen LogP contribution >= 0.6 is 0 Å². The molecule has 0 saturated heterocycles. The van der Waals surface area contributed by atoms with Gasteiger partial charge in [0.2, 0.25) is 0 Å². The third-order valence-corrected chi connectivity index (χ3v) is 2.58. The highest BCUT2D eigenvalue weighted by atomic mass is 16.5. The van der Waals surface area contributed by atoms with Crippen LogP contribution in [0.1, 0.15) is 37.3 Å². The summed E-state index contributed by atoms with van der Waals surface area (Å²) in [4.78, 5) is 11.1. The van der Waals surface area contributed by atoms with Gasteiger partial charge in [0.15, 0.2) is 0 Å². The van der Waals surface area contributed by atoms with E-state index in [1.165, 1.54) is 5.56 Å². The van der Waals surface area contributed by atoms with Gasteiger partial charge in [0.05, 0.1) is 6.42 Å². The molecule has 1 aliphatic rings. The monoisotopic (exact) mass is 190 g/mol. The van der Waals surface area contributed by atoms with E-state index >= 15 is 0 Å². The number of esters is 1. The van der Waals surface area contributed by atoms with Crippen molar-refractivity contribution in [1.29, 1.82) is 0 Å². The van der Waals surface area contributed by atoms with Crippen molar-refractivity contribution >= 4 is 5.97 Å². The Hall–Kier alpha value is -1.31. The molecular weight excluding hydrogens is 176 g/mol. The molecule has 0 saturated carbocycles. The number of carbonyl (C=O) groups is 1. The van der Waals surface area contributed by atoms with Crippen LogP contribution in [0.5, 0.6) is 5.75 Å². The van der Waals surface area contributed by atoms with Crippen molar-refractivity contribution < 1.29 is 9.53 Å². The van der Waals surface area contributed by atoms with E-state index in [4.69, 9.17) is 4.74 Å². The molecule has 0 bridgehead atoms. The molecule has 0 atom stereocenters. The lowest BCUT2D eigenvalue weighted by atomic mass is 9.98. The van der Waals surface area contributed by atoms with Gasteiger partial charge >= 0.3 is 5.97 Å². The molecule has 74 valence electrons. The quantitative estimate of drug-likeness (QED) is 0.502. The first-order valence-electron chi connectivity index (χ1n) is 5.00. The molecule has 2 nitrogen and oxygen atoms in total. The number of hydrogen-bond acceptors (Lipinski definition) is 2. The molecule has 0 aromatic heterocycles. The molecule has 2 heteroatoms. The Morgan fingerprint density at radius 3 is 2.79 bits per heavy atom. The van der Waals surface area contributed by atoms with Gasteiger partial charge in [0, 0.05) is 0 Å². The highest BCUT2D eigenvalue weighted by Gasteiger charge is 2.17. The minimum Gasteiger partial charge on any atom is -0.426 e. The Labute approximate surface area is 83.9 Å². The van der Waals surface area contributed by atoms with Crippen LogP contribution in [0.3, 0.4) is 0 Å². The molecule has 0 spiro atoms. The van der Waals surface area contributed by atoms with Crippen LogP contribution < -0.4 is 4.74 Å². The van der Waals surface area contributed by atoms with Crippen molar-refractivity contribution in [2.75, 3.05) is 0 Å². The largest absolute Gasteiger partial charge is 0.426 e. The number of ether oxygens (including phenoxy) is 1. The Morgan fingerprint density at radius 1 is 1.29 bits per heavy atom. The van der Waals surface area contributed by atoms with Gasteiger partial charge in [-0.05, 0) is 29.5 Å². The third-order valence-electron chi connectivity index (χ3n) is 2.58. The standard InChI is InChI=1S/C12H14O2/c1-8(2)10-4-3-9-5-6-12(13)14-11(9)7-10/h3-4,7-8H,5-6H2,1-2H3. The van der Waals surface area contributed by atoms with E-state index in [0.717, 1.165) is 17.7 Å². The minimum absolute atomic E-state index is 0.113. The summed E-state index contributed by atoms with van der Waals surface area (Å²) >= 11 is 0. The fourth-order valence-corrected chi connectivity index (χ4v) is 1.64. The van der Waals surface area contributed by atoms with Crippen LogP contribution in [-0.2, 0) is 11.2 Å². The van der Waals surface area contributed by atoms with E-state index in [1.54, 1.807) is 0 Å². The molecule has 1 heterocycles. The second kappa shape index (κ2) is 3.45. The lowest BCUT2D eigenvalue weighted by Gasteiger charge is -2.17. The number of fused-ring (bicyclic) bond motifs is 1. The van der Waals surface area contributed by atoms with Crippen molar-refractivity contribution in [2.24, 2.45) is 0 Å². The van der Waals surface area contributed by atoms with Gasteiger partial charge in [0.1, 0.15) is 5.75 Å². The highest BCUT2D eigenvalue weighted by molar-refractivity contribution is 5.75. The van der Waals surface area contributed by atoms with Crippen LogP contribution in [0, 0.1) is 0 Å². The molecule has 0 amide bonds. The Kier molecular flexibility index (Phi) is 2.28. The summed E-state index contributed by atoms with van der Waals surface area (Å²) in [5, 5.41) is 0. The predicted octanol–water partition coefficient (Wildman–Crippen LogP) is 2.66. The molecule has 1 aromatic rings. The first kappa shape index (κ1) is 9.25. The first-order chi connectivity index (χ1) is 6.66. The Balaban J connectivity index is 2.37. The summed E-state index contributed by atoms with van der Waals surface area (Å²) < 4.78 is 5.18. The summed E-state index contributed by atoms with van der Waals surface area (Å²) in [6, 6.07) is 6.16. The van der Waals surface area contributed by atoms with E-state index < -0.39 is 0 Å². The zero-order chi connectivity index (χ0) is 10.1. The average molecular weight is 190 g/mol. The molecule has 2 rings (SSSR count). The average Bonchev–Trinajstić information content (AvgIpc) is 2.16. The van der Waals surface area contributed by atoms with Crippen molar-refractivity contribution in [3.8, 4) is 5.75 Å². The van der Waals surface area contributed by atoms with E-state index in [1.807, 2.05) is 6.07 Å². The highest BCUT2D eigenvalue weighted by Crippen LogP contribution is 2.28. The molecular formula is C12H14O2. The summed E-state index contributed by atoms with van der Waals surface area (Å²) in [5.74, 6) is 1.12. The van der Waals surface area contributed by atoms with Crippen LogP contribution in [0.15, 0.2) is 18.2 Å². The zero-order valence-corrected chi connectivity index (χ0v) is 8.54. The summed E-state index contributed by atoms with van der Waals surface area (Å²) in [6.07, 6.45) is 1.32. The normalized spacial score (nSPS) is 15.2. The molecule has 0 N–H and O–H groups in total. The second-order valence-electron chi connectivity index (χ2n) is 4.00. The maximum atomic E-state index is 11.1. The van der Waals surface area contributed by atoms with Crippen molar-refractivity contribution in [3.63, 3.8) is 0 Å². The molecule has 1 aromatic carbocycles. The lowest BCUT2D eigenvalue weighted by molar-refractivity contribution is -0.135. The van der Waals surface area contributed by atoms with E-state index in [0.29, 0.717) is 12.3 Å². The van der Waals surface area contributed by atoms with Crippen LogP contribution in [0.25, 0.3) is 0 Å². The molecule has 0 fully saturated rings. The molecule has 0 radical (unpaired) electrons. The van der Waals surface area contributed by atoms with Gasteiger partial charge in [-0.1, -0.05) is 26.0 Å². The second-order valence-corrected chi connectivity index (χ2v) is 4.00. The maximum absolute atomic E-state index is 11.1. The van der Waals surface area contributed by atoms with Crippen molar-refractivity contribution in [1.82, 2.24) is 0 Å². The number of rotatable bonds is 1. The van der Waals surface area contributed by atoms with E-state index in [-0.39, 0.29) is 5.97 Å². The summed E-state index contributed by atoms with van der Waals surface area (Å²) in [5.41, 5.74) is 2.37. The molecule has 1 aliphatic heterocycles. The first-order valence-corrected chi connectivity index (χ1v) is 5.00. The SMILES string of the molecule is CC(C)c1ccc2c(c1)OC(=O)CC2. The number of aryl methyl sites for hydroxylation is 1. The fraction of sp³-hybridized carbons (Fsp3) is 0.417. The molecule has 0 unspecified atom stereocenters. The van der Waals surface area contributed by atoms with Gasteiger partial charge in [-0.3, -0.25) is 4.79 Å². The zero-order valence-electron chi connectivity index (χ0n) is 8.54. The smallest absolute Gasteiger partial charge is 0.311 e. The Bertz CT molecular complexity index is 367. The molecule has 0 aliphatic carbocycles. The van der Waals surface area contributed by atoms with Crippen LogP contribution in [-0.4, -0.2) is 5.97 Å². The van der Waals surface area contributed by atoms with Crippen LogP contribution in [0.2, 0.25) is 0 Å². The maximum Gasteiger partial charge on any atom is 0.311 e. The topological polar surface area (TPSA) is 26.3 Å². The van der Waals surface area contributed by atoms with Gasteiger partial charge in [-0.25, -0.2) is 0 Å². The summed E-state index contributed by atoms with van der Waals surface area (Å²) in [6.45, 7) is 4.26. The number of carbonyl (C=O) groups excluding carboxylic acids is 1. The van der Waals surface area contributed by atoms with Crippen molar-refractivity contribution in [2.45, 2.75) is 32.6 Å². The minimum atomic E-state index is -0.113. The van der Waals surface area contributed by atoms with Crippen LogP contribution in [0.4, 0.5) is 0 Å². The fourth-order valence-electron chi connectivity index (χ4n) is 1.64. The van der Waals surface area contributed by atoms with Gasteiger partial charge in [0.25, 0.3) is 0 Å². The lowest BCUT2D eigenvalue weighted by Crippen LogP contribution is -2.15. The van der Waals surface area contributed by atoms with Crippen molar-refractivity contribution in [3.05, 3.63) is 29.3 Å². The summed E-state index contributed by atoms with van der Waals surface area (Å²) in [7, 11) is 0. The molecule has 14 heavy (non-hydrogen) atoms. The van der Waals surface area contributed by atoms with E-state index in [2.05, 4.69) is 26.0 Å². The number of benzene rings is 1. The predicted molar refractivity (Wildman–Crippen MR) is 54.5 cm³/mol. The Morgan fingerprint density at radius 2 is 2.07 bits per heavy atom. The van der Waals surface area contributed by atoms with E-state index in [9.17, 15) is 4.79 Å². The van der Waals surface area contributed by atoms with Gasteiger partial charge < -0.3 is 4.74 Å². The third kappa shape index (κ3) is 1.65. The number of hydrogen-bond donors (Lipinski definition) is 0.